The molecule has 0 aromatic carbocycles. The van der Waals surface area contributed by atoms with E-state index in [1.54, 1.807) is 11.3 Å². The normalized spacial score (nSPS) is 20.5. The van der Waals surface area contributed by atoms with Gasteiger partial charge in [0.1, 0.15) is 11.1 Å². The van der Waals surface area contributed by atoms with Gasteiger partial charge in [0.15, 0.2) is 0 Å². The molecule has 1 atom stereocenters. The fraction of sp³-hybridized carbons (Fsp3) is 0.667. The van der Waals surface area contributed by atoms with Crippen molar-refractivity contribution in [3.63, 3.8) is 0 Å². The van der Waals surface area contributed by atoms with Crippen LogP contribution in [0.3, 0.4) is 0 Å². The van der Waals surface area contributed by atoms with Gasteiger partial charge in [-0.15, -0.1) is 21.5 Å². The number of hydrogen-bond acceptors (Lipinski definition) is 7. The topological polar surface area (TPSA) is 64.3 Å². The highest BCUT2D eigenvalue weighted by Crippen LogP contribution is 2.30. The predicted molar refractivity (Wildman–Crippen MR) is 83.8 cm³/mol. The Balaban J connectivity index is 1.66. The zero-order valence-electron chi connectivity index (χ0n) is 13.5. The molecule has 0 N–H and O–H groups in total. The first kappa shape index (κ1) is 15.6. The minimum atomic E-state index is 0.0267. The summed E-state index contributed by atoms with van der Waals surface area (Å²) in [5.41, 5.74) is 1.20. The molecule has 1 fully saturated rings. The van der Waals surface area contributed by atoms with Crippen LogP contribution >= 0.6 is 11.3 Å². The van der Waals surface area contributed by atoms with Gasteiger partial charge in [-0.05, 0) is 0 Å². The second-order valence-electron chi connectivity index (χ2n) is 6.63. The second-order valence-corrected chi connectivity index (χ2v) is 7.52. The first-order valence-corrected chi connectivity index (χ1v) is 8.38. The molecule has 0 unspecified atom stereocenters. The summed E-state index contributed by atoms with van der Waals surface area (Å²) in [7, 11) is 0. The highest BCUT2D eigenvalue weighted by Gasteiger charge is 2.27. The molecular weight excluding hydrogens is 300 g/mol. The lowest BCUT2D eigenvalue weighted by Crippen LogP contribution is -2.37. The highest BCUT2D eigenvalue weighted by molar-refractivity contribution is 7.09. The molecule has 1 aliphatic heterocycles. The second kappa shape index (κ2) is 6.06. The molecule has 2 aromatic heterocycles. The first-order chi connectivity index (χ1) is 10.4. The van der Waals surface area contributed by atoms with Gasteiger partial charge in [0.2, 0.25) is 11.8 Å². The maximum absolute atomic E-state index is 5.90. The molecule has 0 bridgehead atoms. The van der Waals surface area contributed by atoms with Crippen LogP contribution < -0.4 is 0 Å². The molecule has 6 nitrogen and oxygen atoms in total. The van der Waals surface area contributed by atoms with Crippen molar-refractivity contribution in [3.8, 4) is 0 Å². The third-order valence-corrected chi connectivity index (χ3v) is 4.58. The van der Waals surface area contributed by atoms with Crippen molar-refractivity contribution in [2.75, 3.05) is 19.7 Å². The Kier molecular flexibility index (Phi) is 4.29. The summed E-state index contributed by atoms with van der Waals surface area (Å²) in [6, 6.07) is 0. The molecule has 1 aliphatic rings. The third kappa shape index (κ3) is 3.53. The van der Waals surface area contributed by atoms with Crippen molar-refractivity contribution in [1.82, 2.24) is 20.1 Å². The van der Waals surface area contributed by atoms with Crippen molar-refractivity contribution in [1.29, 1.82) is 0 Å². The van der Waals surface area contributed by atoms with E-state index in [-0.39, 0.29) is 11.5 Å². The predicted octanol–water partition coefficient (Wildman–Crippen LogP) is 2.71. The number of aryl methyl sites for hydroxylation is 1. The summed E-state index contributed by atoms with van der Waals surface area (Å²) in [6.45, 7) is 11.4. The summed E-state index contributed by atoms with van der Waals surface area (Å²) in [5.74, 6) is 1.27. The summed E-state index contributed by atoms with van der Waals surface area (Å²) in [4.78, 5) is 7.04. The van der Waals surface area contributed by atoms with E-state index < -0.39 is 0 Å². The Hall–Kier alpha value is -1.31. The summed E-state index contributed by atoms with van der Waals surface area (Å²) in [6.07, 6.45) is 0.0267. The van der Waals surface area contributed by atoms with Gasteiger partial charge in [-0.2, -0.15) is 0 Å². The van der Waals surface area contributed by atoms with Crippen LogP contribution in [0.4, 0.5) is 0 Å². The minimum absolute atomic E-state index is 0.0267. The van der Waals surface area contributed by atoms with Gasteiger partial charge in [0, 0.05) is 30.8 Å². The van der Waals surface area contributed by atoms with Crippen molar-refractivity contribution in [3.05, 3.63) is 27.9 Å². The maximum atomic E-state index is 5.90. The average Bonchev–Trinajstić information content (AvgIpc) is 3.08. The number of thiazole rings is 1. The first-order valence-electron chi connectivity index (χ1n) is 7.50. The summed E-state index contributed by atoms with van der Waals surface area (Å²) < 4.78 is 11.4. The summed E-state index contributed by atoms with van der Waals surface area (Å²) in [5, 5.41) is 11.1. The standard InChI is InChI=1S/C15H22N4O2S/c1-10-17-18-13(21-10)8-19-5-6-20-11(7-19)14-16-12(9-22-14)15(2,3)4/h9,11H,5-8H2,1-4H3/t11-/m0/s1. The molecule has 0 amide bonds. The molecule has 7 heteroatoms. The number of hydrogen-bond donors (Lipinski definition) is 0. The van der Waals surface area contributed by atoms with Gasteiger partial charge in [-0.25, -0.2) is 4.98 Å². The maximum Gasteiger partial charge on any atom is 0.230 e. The minimum Gasteiger partial charge on any atom is -0.424 e. The molecule has 2 aromatic rings. The van der Waals surface area contributed by atoms with Crippen molar-refractivity contribution < 1.29 is 9.15 Å². The lowest BCUT2D eigenvalue weighted by Gasteiger charge is -2.30. The Morgan fingerprint density at radius 2 is 2.18 bits per heavy atom. The van der Waals surface area contributed by atoms with Crippen LogP contribution in [0.15, 0.2) is 9.80 Å². The van der Waals surface area contributed by atoms with Crippen molar-refractivity contribution in [2.24, 2.45) is 0 Å². The van der Waals surface area contributed by atoms with Gasteiger partial charge < -0.3 is 9.15 Å². The largest absolute Gasteiger partial charge is 0.424 e. The van der Waals surface area contributed by atoms with Crippen LogP contribution in [-0.4, -0.2) is 39.8 Å². The fourth-order valence-corrected chi connectivity index (χ4v) is 3.45. The third-order valence-electron chi connectivity index (χ3n) is 3.64. The van der Waals surface area contributed by atoms with E-state index in [1.807, 2.05) is 6.92 Å². The lowest BCUT2D eigenvalue weighted by atomic mass is 9.93. The molecule has 0 spiro atoms. The zero-order chi connectivity index (χ0) is 15.7. The number of nitrogens with zero attached hydrogens (tertiary/aromatic N) is 4. The summed E-state index contributed by atoms with van der Waals surface area (Å²) >= 11 is 1.68. The molecule has 0 saturated carbocycles. The highest BCUT2D eigenvalue weighted by atomic mass is 32.1. The van der Waals surface area contributed by atoms with Gasteiger partial charge in [-0.3, -0.25) is 4.90 Å². The zero-order valence-corrected chi connectivity index (χ0v) is 14.3. The molecule has 1 saturated heterocycles. The smallest absolute Gasteiger partial charge is 0.230 e. The van der Waals surface area contributed by atoms with Gasteiger partial charge in [-0.1, -0.05) is 20.8 Å². The van der Waals surface area contributed by atoms with E-state index in [4.69, 9.17) is 14.1 Å². The average molecular weight is 322 g/mol. The molecule has 3 rings (SSSR count). The van der Waals surface area contributed by atoms with Crippen LogP contribution in [0.1, 0.15) is 49.4 Å². The van der Waals surface area contributed by atoms with E-state index in [9.17, 15) is 0 Å². The van der Waals surface area contributed by atoms with E-state index in [0.717, 1.165) is 23.8 Å². The molecule has 120 valence electrons. The van der Waals surface area contributed by atoms with E-state index in [0.29, 0.717) is 24.9 Å². The van der Waals surface area contributed by atoms with Crippen LogP contribution in [0.25, 0.3) is 0 Å². The quantitative estimate of drug-likeness (QED) is 0.866. The molecule has 0 aliphatic carbocycles. The Morgan fingerprint density at radius 1 is 1.36 bits per heavy atom. The molecule has 22 heavy (non-hydrogen) atoms. The number of rotatable bonds is 3. The SMILES string of the molecule is Cc1nnc(CN2CCO[C@H](c3nc(C(C)(C)C)cs3)C2)o1. The Bertz CT molecular complexity index is 632. The van der Waals surface area contributed by atoms with E-state index in [2.05, 4.69) is 41.2 Å². The lowest BCUT2D eigenvalue weighted by molar-refractivity contribution is -0.0354. The fourth-order valence-electron chi connectivity index (χ4n) is 2.37. The van der Waals surface area contributed by atoms with Crippen molar-refractivity contribution >= 4 is 11.3 Å². The number of morpholine rings is 1. The molecular formula is C15H22N4O2S. The Morgan fingerprint density at radius 3 is 2.82 bits per heavy atom. The van der Waals surface area contributed by atoms with Crippen LogP contribution in [0, 0.1) is 6.92 Å². The number of aromatic nitrogens is 3. The van der Waals surface area contributed by atoms with Gasteiger partial charge in [0.25, 0.3) is 0 Å². The molecule has 3 heterocycles. The van der Waals surface area contributed by atoms with E-state index in [1.165, 1.54) is 0 Å². The van der Waals surface area contributed by atoms with Crippen LogP contribution in [0.2, 0.25) is 0 Å². The van der Waals surface area contributed by atoms with E-state index >= 15 is 0 Å². The van der Waals surface area contributed by atoms with Crippen molar-refractivity contribution in [2.45, 2.75) is 45.8 Å². The van der Waals surface area contributed by atoms with Gasteiger partial charge >= 0.3 is 0 Å². The number of ether oxygens (including phenoxy) is 1. The Labute approximate surface area is 134 Å². The van der Waals surface area contributed by atoms with Gasteiger partial charge in [0.05, 0.1) is 18.8 Å². The molecule has 0 radical (unpaired) electrons. The van der Waals surface area contributed by atoms with Crippen LogP contribution in [0.5, 0.6) is 0 Å². The van der Waals surface area contributed by atoms with Crippen LogP contribution in [-0.2, 0) is 16.7 Å². The monoisotopic (exact) mass is 322 g/mol.